The summed E-state index contributed by atoms with van der Waals surface area (Å²) in [6.45, 7) is 4.99. The topological polar surface area (TPSA) is 72.8 Å². The molecule has 0 aromatic rings. The van der Waals surface area contributed by atoms with Gasteiger partial charge in [-0.05, 0) is 20.3 Å². The normalized spacial score (nSPS) is 14.1. The van der Waals surface area contributed by atoms with Crippen LogP contribution in [0.3, 0.4) is 0 Å². The minimum absolute atomic E-state index is 0.325. The van der Waals surface area contributed by atoms with E-state index < -0.39 is 24.1 Å². The van der Waals surface area contributed by atoms with Crippen molar-refractivity contribution in [2.45, 2.75) is 45.8 Å². The van der Waals surface area contributed by atoms with Gasteiger partial charge in [0.05, 0.1) is 6.61 Å². The van der Waals surface area contributed by atoms with E-state index in [2.05, 4.69) is 4.74 Å². The summed E-state index contributed by atoms with van der Waals surface area (Å²) < 4.78 is 9.47. The van der Waals surface area contributed by atoms with Crippen LogP contribution in [0.4, 0.5) is 0 Å². The van der Waals surface area contributed by atoms with Crippen molar-refractivity contribution in [1.29, 1.82) is 0 Å². The van der Waals surface area contributed by atoms with Crippen LogP contribution >= 0.6 is 0 Å². The summed E-state index contributed by atoms with van der Waals surface area (Å²) in [6.07, 6.45) is -0.488. The number of rotatable bonds is 6. The van der Waals surface area contributed by atoms with E-state index >= 15 is 0 Å². The Kier molecular flexibility index (Phi) is 6.70. The lowest BCUT2D eigenvalue weighted by Crippen LogP contribution is -2.30. The summed E-state index contributed by atoms with van der Waals surface area (Å²) >= 11 is 0. The molecule has 0 fully saturated rings. The van der Waals surface area contributed by atoms with Gasteiger partial charge in [0.1, 0.15) is 6.10 Å². The number of ether oxygens (including phenoxy) is 2. The molecule has 0 unspecified atom stereocenters. The highest BCUT2D eigenvalue weighted by Crippen LogP contribution is 1.99. The Labute approximate surface area is 89.4 Å². The zero-order valence-electron chi connectivity index (χ0n) is 9.36. The van der Waals surface area contributed by atoms with Crippen LogP contribution in [-0.4, -0.2) is 35.9 Å². The average molecular weight is 218 g/mol. The van der Waals surface area contributed by atoms with Crippen molar-refractivity contribution < 1.29 is 24.2 Å². The fourth-order valence-electron chi connectivity index (χ4n) is 0.755. The van der Waals surface area contributed by atoms with Gasteiger partial charge in [0.15, 0.2) is 6.10 Å². The Morgan fingerprint density at radius 2 is 1.87 bits per heavy atom. The molecule has 0 aliphatic carbocycles. The maximum Gasteiger partial charge on any atom is 0.347 e. The molecule has 0 saturated heterocycles. The van der Waals surface area contributed by atoms with E-state index in [1.165, 1.54) is 13.8 Å². The third-order valence-corrected chi connectivity index (χ3v) is 1.71. The summed E-state index contributed by atoms with van der Waals surface area (Å²) in [6, 6.07) is 0. The number of aliphatic hydroxyl groups is 1. The van der Waals surface area contributed by atoms with Gasteiger partial charge in [0.25, 0.3) is 0 Å². The first-order valence-corrected chi connectivity index (χ1v) is 5.04. The molecule has 0 radical (unpaired) electrons. The van der Waals surface area contributed by atoms with Crippen LogP contribution in [-0.2, 0) is 19.1 Å². The number of hydrogen-bond donors (Lipinski definition) is 1. The van der Waals surface area contributed by atoms with Crippen LogP contribution in [0.25, 0.3) is 0 Å². The highest BCUT2D eigenvalue weighted by Gasteiger charge is 2.21. The number of unbranched alkanes of at least 4 members (excludes halogenated alkanes) is 1. The maximum absolute atomic E-state index is 11.2. The maximum atomic E-state index is 11.2. The summed E-state index contributed by atoms with van der Waals surface area (Å²) in [7, 11) is 0. The fraction of sp³-hybridized carbons (Fsp3) is 0.800. The predicted molar refractivity (Wildman–Crippen MR) is 53.1 cm³/mol. The molecule has 0 aliphatic rings. The van der Waals surface area contributed by atoms with Crippen molar-refractivity contribution in [3.05, 3.63) is 0 Å². The number of aliphatic hydroxyl groups excluding tert-OH is 1. The largest absolute Gasteiger partial charge is 0.463 e. The second-order valence-corrected chi connectivity index (χ2v) is 3.28. The molecule has 0 saturated carbocycles. The zero-order chi connectivity index (χ0) is 11.8. The first kappa shape index (κ1) is 13.9. The monoisotopic (exact) mass is 218 g/mol. The minimum atomic E-state index is -1.23. The van der Waals surface area contributed by atoms with Crippen molar-refractivity contribution in [3.8, 4) is 0 Å². The number of hydrogen-bond acceptors (Lipinski definition) is 5. The Balaban J connectivity index is 3.83. The number of carbonyl (C=O) groups is 2. The molecular weight excluding hydrogens is 200 g/mol. The second kappa shape index (κ2) is 7.23. The molecule has 5 nitrogen and oxygen atoms in total. The lowest BCUT2D eigenvalue weighted by Gasteiger charge is -2.13. The summed E-state index contributed by atoms with van der Waals surface area (Å²) in [5, 5.41) is 8.84. The molecule has 0 aromatic heterocycles. The smallest absolute Gasteiger partial charge is 0.347 e. The quantitative estimate of drug-likeness (QED) is 0.523. The molecule has 15 heavy (non-hydrogen) atoms. The van der Waals surface area contributed by atoms with Gasteiger partial charge >= 0.3 is 11.9 Å². The third kappa shape index (κ3) is 6.06. The summed E-state index contributed by atoms with van der Waals surface area (Å²) in [5.74, 6) is -1.41. The predicted octanol–water partition coefficient (Wildman–Crippen LogP) is 0.642. The molecule has 5 heteroatoms. The van der Waals surface area contributed by atoms with Gasteiger partial charge in [-0.1, -0.05) is 13.3 Å². The van der Waals surface area contributed by atoms with Gasteiger partial charge < -0.3 is 14.6 Å². The SMILES string of the molecule is CCCCOC(=O)[C@H](C)OC(=O)[C@@H](C)O. The first-order chi connectivity index (χ1) is 6.99. The van der Waals surface area contributed by atoms with Crippen LogP contribution in [0, 0.1) is 0 Å². The highest BCUT2D eigenvalue weighted by molar-refractivity contribution is 5.80. The van der Waals surface area contributed by atoms with Crippen molar-refractivity contribution in [2.24, 2.45) is 0 Å². The van der Waals surface area contributed by atoms with Crippen molar-refractivity contribution in [2.75, 3.05) is 6.61 Å². The van der Waals surface area contributed by atoms with E-state index in [4.69, 9.17) is 9.84 Å². The zero-order valence-corrected chi connectivity index (χ0v) is 9.36. The van der Waals surface area contributed by atoms with Crippen molar-refractivity contribution in [1.82, 2.24) is 0 Å². The van der Waals surface area contributed by atoms with Crippen LogP contribution in [0.2, 0.25) is 0 Å². The highest BCUT2D eigenvalue weighted by atomic mass is 16.6. The first-order valence-electron chi connectivity index (χ1n) is 5.04. The van der Waals surface area contributed by atoms with E-state index in [9.17, 15) is 9.59 Å². The van der Waals surface area contributed by atoms with Crippen molar-refractivity contribution in [3.63, 3.8) is 0 Å². The number of esters is 2. The second-order valence-electron chi connectivity index (χ2n) is 3.28. The Bertz CT molecular complexity index is 212. The van der Waals surface area contributed by atoms with Gasteiger partial charge in [-0.15, -0.1) is 0 Å². The summed E-state index contributed by atoms with van der Waals surface area (Å²) in [5.41, 5.74) is 0. The minimum Gasteiger partial charge on any atom is -0.463 e. The molecule has 0 heterocycles. The van der Waals surface area contributed by atoms with Crippen LogP contribution in [0.5, 0.6) is 0 Å². The fourth-order valence-corrected chi connectivity index (χ4v) is 0.755. The molecular formula is C10H18O5. The van der Waals surface area contributed by atoms with E-state index in [0.29, 0.717) is 6.61 Å². The average Bonchev–Trinajstić information content (AvgIpc) is 2.17. The lowest BCUT2D eigenvalue weighted by atomic mass is 10.3. The molecule has 88 valence electrons. The molecule has 1 N–H and O–H groups in total. The van der Waals surface area contributed by atoms with Crippen molar-refractivity contribution >= 4 is 11.9 Å². The van der Waals surface area contributed by atoms with E-state index in [-0.39, 0.29) is 0 Å². The van der Waals surface area contributed by atoms with Crippen LogP contribution < -0.4 is 0 Å². The molecule has 0 spiro atoms. The molecule has 0 aromatic carbocycles. The molecule has 0 amide bonds. The van der Waals surface area contributed by atoms with Gasteiger partial charge in [-0.2, -0.15) is 0 Å². The molecule has 0 aliphatic heterocycles. The van der Waals surface area contributed by atoms with Crippen LogP contribution in [0.1, 0.15) is 33.6 Å². The van der Waals surface area contributed by atoms with Crippen LogP contribution in [0.15, 0.2) is 0 Å². The van der Waals surface area contributed by atoms with Gasteiger partial charge in [-0.25, -0.2) is 9.59 Å². The van der Waals surface area contributed by atoms with Gasteiger partial charge in [0.2, 0.25) is 0 Å². The lowest BCUT2D eigenvalue weighted by molar-refractivity contribution is -0.171. The summed E-state index contributed by atoms with van der Waals surface area (Å²) in [4.78, 5) is 22.1. The molecule has 2 atom stereocenters. The molecule has 0 rings (SSSR count). The Morgan fingerprint density at radius 3 is 2.33 bits per heavy atom. The van der Waals surface area contributed by atoms with E-state index in [1.807, 2.05) is 6.92 Å². The standard InChI is InChI=1S/C10H18O5/c1-4-5-6-14-10(13)8(3)15-9(12)7(2)11/h7-8,11H,4-6H2,1-3H3/t7-,8+/m1/s1. The van der Waals surface area contributed by atoms with Gasteiger partial charge in [0, 0.05) is 0 Å². The van der Waals surface area contributed by atoms with E-state index in [0.717, 1.165) is 12.8 Å². The Hall–Kier alpha value is -1.10. The molecule has 0 bridgehead atoms. The van der Waals surface area contributed by atoms with E-state index in [1.54, 1.807) is 0 Å². The number of carbonyl (C=O) groups excluding carboxylic acids is 2. The van der Waals surface area contributed by atoms with Gasteiger partial charge in [-0.3, -0.25) is 0 Å². The Morgan fingerprint density at radius 1 is 1.27 bits per heavy atom. The third-order valence-electron chi connectivity index (χ3n) is 1.71.